The van der Waals surface area contributed by atoms with Crippen molar-refractivity contribution in [2.45, 2.75) is 45.4 Å². The summed E-state index contributed by atoms with van der Waals surface area (Å²) in [6, 6.07) is 0.764. The fourth-order valence-corrected chi connectivity index (χ4v) is 2.48. The van der Waals surface area contributed by atoms with E-state index in [4.69, 9.17) is 5.73 Å². The molecule has 0 aliphatic carbocycles. The summed E-state index contributed by atoms with van der Waals surface area (Å²) in [6.45, 7) is 3.31. The average Bonchev–Trinajstić information content (AvgIpc) is 2.92. The number of hydrogen-bond acceptors (Lipinski definition) is 3. The minimum Gasteiger partial charge on any atom is -0.351 e. The number of primary amides is 1. The maximum atomic E-state index is 12.3. The molecule has 1 aliphatic rings. The quantitative estimate of drug-likeness (QED) is 0.789. The highest BCUT2D eigenvalue weighted by atomic mass is 16.2. The van der Waals surface area contributed by atoms with Gasteiger partial charge in [-0.05, 0) is 12.5 Å². The molecule has 0 fully saturated rings. The number of aromatic nitrogens is 1. The van der Waals surface area contributed by atoms with Gasteiger partial charge >= 0.3 is 6.03 Å². The number of nitrogens with zero attached hydrogens (tertiary/aromatic N) is 2. The van der Waals surface area contributed by atoms with Gasteiger partial charge < -0.3 is 11.1 Å². The average molecular weight is 305 g/mol. The zero-order valence-electron chi connectivity index (χ0n) is 12.7. The van der Waals surface area contributed by atoms with Crippen molar-refractivity contribution in [2.75, 3.05) is 4.90 Å². The standard InChI is InChI=1S/C15H21N4O3/c1-2-3-4-5-6-7-12(20)18-9-8-11-13(21)17-10-19(14(11)18)15(16)22/h8-10H,2-7H2,1H3,(H2,16,22)(H,17,21). The molecule has 3 N–H and O–H groups in total. The summed E-state index contributed by atoms with van der Waals surface area (Å²) in [4.78, 5) is 36.6. The van der Waals surface area contributed by atoms with Gasteiger partial charge in [-0.3, -0.25) is 19.1 Å². The summed E-state index contributed by atoms with van der Waals surface area (Å²) in [7, 11) is 0. The molecule has 0 saturated carbocycles. The van der Waals surface area contributed by atoms with E-state index in [1.165, 1.54) is 23.5 Å². The molecule has 1 aromatic heterocycles. The molecule has 2 heterocycles. The first kappa shape index (κ1) is 16.1. The highest BCUT2D eigenvalue weighted by molar-refractivity contribution is 6.09. The lowest BCUT2D eigenvalue weighted by Crippen LogP contribution is -2.45. The van der Waals surface area contributed by atoms with E-state index in [-0.39, 0.29) is 23.2 Å². The lowest BCUT2D eigenvalue weighted by molar-refractivity contribution is 0.0901. The number of carbonyl (C=O) groups excluding carboxylic acids is 3. The van der Waals surface area contributed by atoms with Gasteiger partial charge in [0.25, 0.3) is 5.91 Å². The first-order valence-corrected chi connectivity index (χ1v) is 7.53. The van der Waals surface area contributed by atoms with Crippen molar-refractivity contribution in [1.29, 1.82) is 0 Å². The maximum absolute atomic E-state index is 12.3. The van der Waals surface area contributed by atoms with E-state index in [0.717, 1.165) is 37.0 Å². The molecule has 3 amide bonds. The first-order valence-electron chi connectivity index (χ1n) is 7.53. The van der Waals surface area contributed by atoms with Crippen LogP contribution in [0.3, 0.4) is 0 Å². The van der Waals surface area contributed by atoms with Gasteiger partial charge in [0, 0.05) is 12.6 Å². The third-order valence-electron chi connectivity index (χ3n) is 3.66. The van der Waals surface area contributed by atoms with E-state index in [0.29, 0.717) is 6.42 Å². The van der Waals surface area contributed by atoms with Crippen molar-refractivity contribution >= 4 is 23.7 Å². The molecule has 119 valence electrons. The van der Waals surface area contributed by atoms with Crippen LogP contribution in [0.25, 0.3) is 0 Å². The maximum Gasteiger partial charge on any atom is 0.322 e. The summed E-state index contributed by atoms with van der Waals surface area (Å²) in [5, 5.41) is 2.42. The van der Waals surface area contributed by atoms with Crippen LogP contribution in [0.1, 0.15) is 60.6 Å². The van der Waals surface area contributed by atoms with Gasteiger partial charge in [-0.1, -0.05) is 32.6 Å². The number of unbranched alkanes of at least 4 members (excludes halogenated alkanes) is 4. The van der Waals surface area contributed by atoms with Crippen LogP contribution in [0.4, 0.5) is 10.6 Å². The van der Waals surface area contributed by atoms with Crippen molar-refractivity contribution in [3.63, 3.8) is 0 Å². The van der Waals surface area contributed by atoms with E-state index in [9.17, 15) is 14.4 Å². The Hall–Kier alpha value is -2.31. The van der Waals surface area contributed by atoms with Crippen molar-refractivity contribution < 1.29 is 14.4 Å². The summed E-state index contributed by atoms with van der Waals surface area (Å²) in [5.41, 5.74) is 5.55. The predicted octanol–water partition coefficient (Wildman–Crippen LogP) is 2.24. The Bertz CT molecular complexity index is 579. The van der Waals surface area contributed by atoms with Crippen molar-refractivity contribution in [1.82, 2.24) is 9.88 Å². The highest BCUT2D eigenvalue weighted by Gasteiger charge is 2.31. The second kappa shape index (κ2) is 7.11. The first-order chi connectivity index (χ1) is 10.6. The van der Waals surface area contributed by atoms with Gasteiger partial charge in [0.05, 0.1) is 5.56 Å². The Morgan fingerprint density at radius 3 is 2.64 bits per heavy atom. The second-order valence-corrected chi connectivity index (χ2v) is 5.29. The van der Waals surface area contributed by atoms with Crippen molar-refractivity contribution in [3.05, 3.63) is 24.5 Å². The Balaban J connectivity index is 2.10. The Morgan fingerprint density at radius 1 is 1.23 bits per heavy atom. The van der Waals surface area contributed by atoms with Crippen LogP contribution in [-0.2, 0) is 0 Å². The van der Waals surface area contributed by atoms with Crippen LogP contribution < -0.4 is 16.0 Å². The molecule has 0 unspecified atom stereocenters. The lowest BCUT2D eigenvalue weighted by atomic mass is 10.1. The van der Waals surface area contributed by atoms with Crippen molar-refractivity contribution in [3.8, 4) is 0 Å². The molecule has 0 aromatic carbocycles. The minimum absolute atomic E-state index is 0.146. The molecule has 7 nitrogen and oxygen atoms in total. The summed E-state index contributed by atoms with van der Waals surface area (Å²) >= 11 is 0. The van der Waals surface area contributed by atoms with Crippen LogP contribution >= 0.6 is 0 Å². The van der Waals surface area contributed by atoms with Crippen LogP contribution in [0.15, 0.2) is 12.3 Å². The summed E-state index contributed by atoms with van der Waals surface area (Å²) < 4.78 is 1.33. The highest BCUT2D eigenvalue weighted by Crippen LogP contribution is 2.27. The topological polar surface area (TPSA) is 97.4 Å². The number of amides is 3. The monoisotopic (exact) mass is 305 g/mol. The molecule has 0 atom stereocenters. The number of carbonyl (C=O) groups is 3. The van der Waals surface area contributed by atoms with Crippen LogP contribution in [-0.4, -0.2) is 22.4 Å². The molecular formula is C15H21N4O3. The SMILES string of the molecule is CCCCCCCC(=O)n1ccc2c1N(C(N)=O)[CH]NC2=O. The third kappa shape index (κ3) is 3.29. The number of fused-ring (bicyclic) bond motifs is 1. The smallest absolute Gasteiger partial charge is 0.322 e. The van der Waals surface area contributed by atoms with E-state index in [2.05, 4.69) is 12.2 Å². The van der Waals surface area contributed by atoms with Gasteiger partial charge in [-0.15, -0.1) is 0 Å². The van der Waals surface area contributed by atoms with Crippen molar-refractivity contribution in [2.24, 2.45) is 5.73 Å². The fourth-order valence-electron chi connectivity index (χ4n) is 2.48. The molecular weight excluding hydrogens is 284 g/mol. The molecule has 0 spiro atoms. The van der Waals surface area contributed by atoms with E-state index < -0.39 is 6.03 Å². The molecule has 0 bridgehead atoms. The number of anilines is 1. The number of hydrogen-bond donors (Lipinski definition) is 2. The predicted molar refractivity (Wildman–Crippen MR) is 82.3 cm³/mol. The fraction of sp³-hybridized carbons (Fsp3) is 0.467. The number of rotatable bonds is 6. The van der Waals surface area contributed by atoms with E-state index >= 15 is 0 Å². The van der Waals surface area contributed by atoms with Gasteiger partial charge in [-0.25, -0.2) is 4.79 Å². The Labute approximate surface area is 129 Å². The van der Waals surface area contributed by atoms with Crippen LogP contribution in [0.2, 0.25) is 0 Å². The number of urea groups is 1. The third-order valence-corrected chi connectivity index (χ3v) is 3.66. The molecule has 2 rings (SSSR count). The Morgan fingerprint density at radius 2 is 1.95 bits per heavy atom. The molecule has 0 saturated heterocycles. The molecule has 1 aliphatic heterocycles. The van der Waals surface area contributed by atoms with E-state index in [1.807, 2.05) is 0 Å². The molecule has 7 heteroatoms. The zero-order chi connectivity index (χ0) is 16.1. The number of nitrogens with two attached hydrogens (primary N) is 1. The van der Waals surface area contributed by atoms with Gasteiger partial charge in [0.1, 0.15) is 5.82 Å². The van der Waals surface area contributed by atoms with Crippen LogP contribution in [0.5, 0.6) is 0 Å². The van der Waals surface area contributed by atoms with Gasteiger partial charge in [0.15, 0.2) is 6.67 Å². The van der Waals surface area contributed by atoms with E-state index in [1.54, 1.807) is 0 Å². The van der Waals surface area contributed by atoms with Gasteiger partial charge in [-0.2, -0.15) is 0 Å². The Kier molecular flexibility index (Phi) is 5.19. The lowest BCUT2D eigenvalue weighted by Gasteiger charge is -2.26. The molecule has 22 heavy (non-hydrogen) atoms. The molecule has 1 aromatic rings. The molecule has 1 radical (unpaired) electrons. The minimum atomic E-state index is -0.753. The zero-order valence-corrected chi connectivity index (χ0v) is 12.7. The second-order valence-electron chi connectivity index (χ2n) is 5.29. The van der Waals surface area contributed by atoms with Crippen LogP contribution in [0, 0.1) is 6.67 Å². The summed E-state index contributed by atoms with van der Waals surface area (Å²) in [6.07, 6.45) is 7.09. The number of nitrogens with one attached hydrogen (secondary N) is 1. The normalized spacial score (nSPS) is 13.7. The van der Waals surface area contributed by atoms with Gasteiger partial charge in [0.2, 0.25) is 5.91 Å². The largest absolute Gasteiger partial charge is 0.351 e. The summed E-state index contributed by atoms with van der Waals surface area (Å²) in [5.74, 6) is -0.288.